The lowest BCUT2D eigenvalue weighted by atomic mass is 10.1. The van der Waals surface area contributed by atoms with Crippen LogP contribution in [0.15, 0.2) is 11.4 Å². The number of alkyl halides is 3. The van der Waals surface area contributed by atoms with Gasteiger partial charge in [-0.1, -0.05) is 6.92 Å². The lowest BCUT2D eigenvalue weighted by molar-refractivity contribution is -0.141. The molecule has 2 aromatic rings. The summed E-state index contributed by atoms with van der Waals surface area (Å²) < 4.78 is 39.5. The zero-order chi connectivity index (χ0) is 13.3. The van der Waals surface area contributed by atoms with Crippen molar-refractivity contribution in [3.63, 3.8) is 0 Å². The molecule has 0 aromatic carbocycles. The summed E-state index contributed by atoms with van der Waals surface area (Å²) in [6.07, 6.45) is -3.56. The molecule has 2 nitrogen and oxygen atoms in total. The van der Waals surface area contributed by atoms with Gasteiger partial charge in [0.2, 0.25) is 0 Å². The fraction of sp³-hybridized carbons (Fsp3) is 0.417. The number of nitrogens with one attached hydrogen (secondary N) is 1. The Balaban J connectivity index is 2.64. The highest BCUT2D eigenvalue weighted by molar-refractivity contribution is 7.17. The summed E-state index contributed by atoms with van der Waals surface area (Å²) in [7, 11) is 0. The molecule has 0 unspecified atom stereocenters. The van der Waals surface area contributed by atoms with E-state index in [1.807, 2.05) is 6.92 Å². The van der Waals surface area contributed by atoms with Crippen molar-refractivity contribution >= 4 is 27.2 Å². The molecular weight excluding hydrogens is 261 g/mol. The maximum absolute atomic E-state index is 12.9. The van der Waals surface area contributed by atoms with E-state index in [-0.39, 0.29) is 5.56 Å². The molecule has 0 radical (unpaired) electrons. The highest BCUT2D eigenvalue weighted by atomic mass is 32.1. The third-order valence-corrected chi connectivity index (χ3v) is 3.58. The molecule has 0 spiro atoms. The lowest BCUT2D eigenvalue weighted by Crippen LogP contribution is -2.13. The van der Waals surface area contributed by atoms with Crippen LogP contribution in [0, 0.1) is 6.92 Å². The normalized spacial score (nSPS) is 12.1. The van der Waals surface area contributed by atoms with Crippen molar-refractivity contribution < 1.29 is 13.2 Å². The van der Waals surface area contributed by atoms with Crippen LogP contribution < -0.4 is 5.32 Å². The number of pyridine rings is 1. The molecule has 18 heavy (non-hydrogen) atoms. The maximum atomic E-state index is 12.9. The molecule has 0 amide bonds. The summed E-state index contributed by atoms with van der Waals surface area (Å²) in [6, 6.07) is 1.62. The van der Waals surface area contributed by atoms with Crippen LogP contribution in [0.3, 0.4) is 0 Å². The minimum atomic E-state index is -4.41. The van der Waals surface area contributed by atoms with E-state index >= 15 is 0 Å². The maximum Gasteiger partial charge on any atom is 0.433 e. The van der Waals surface area contributed by atoms with Gasteiger partial charge in [0.25, 0.3) is 0 Å². The minimum absolute atomic E-state index is 0.172. The average molecular weight is 274 g/mol. The number of fused-ring (bicyclic) bond motifs is 1. The molecule has 1 N–H and O–H groups in total. The van der Waals surface area contributed by atoms with E-state index in [0.717, 1.165) is 11.1 Å². The van der Waals surface area contributed by atoms with Gasteiger partial charge in [-0.2, -0.15) is 13.2 Å². The van der Waals surface area contributed by atoms with Gasteiger partial charge in [-0.25, -0.2) is 4.98 Å². The van der Waals surface area contributed by atoms with E-state index < -0.39 is 11.9 Å². The van der Waals surface area contributed by atoms with Crippen molar-refractivity contribution in [2.24, 2.45) is 0 Å². The van der Waals surface area contributed by atoms with Gasteiger partial charge in [0.1, 0.15) is 5.69 Å². The number of halogens is 3. The molecule has 0 fully saturated rings. The van der Waals surface area contributed by atoms with Gasteiger partial charge >= 0.3 is 6.18 Å². The number of rotatable bonds is 3. The monoisotopic (exact) mass is 274 g/mol. The van der Waals surface area contributed by atoms with Crippen LogP contribution in [0.5, 0.6) is 0 Å². The van der Waals surface area contributed by atoms with E-state index in [4.69, 9.17) is 0 Å². The molecule has 6 heteroatoms. The second-order valence-electron chi connectivity index (χ2n) is 4.02. The molecule has 98 valence electrons. The quantitative estimate of drug-likeness (QED) is 0.894. The smallest absolute Gasteiger partial charge is 0.384 e. The van der Waals surface area contributed by atoms with E-state index in [9.17, 15) is 13.2 Å². The topological polar surface area (TPSA) is 24.9 Å². The summed E-state index contributed by atoms with van der Waals surface area (Å²) >= 11 is 1.41. The predicted octanol–water partition coefficient (Wildman–Crippen LogP) is 4.45. The van der Waals surface area contributed by atoms with Crippen LogP contribution in [-0.2, 0) is 6.18 Å². The van der Waals surface area contributed by atoms with E-state index in [0.29, 0.717) is 17.7 Å². The van der Waals surface area contributed by atoms with Gasteiger partial charge < -0.3 is 5.32 Å². The minimum Gasteiger partial charge on any atom is -0.384 e. The summed E-state index contributed by atoms with van der Waals surface area (Å²) in [5, 5.41) is 4.83. The predicted molar refractivity (Wildman–Crippen MR) is 68.1 cm³/mol. The first-order valence-corrected chi connectivity index (χ1v) is 6.52. The molecule has 0 bridgehead atoms. The second kappa shape index (κ2) is 4.76. The summed E-state index contributed by atoms with van der Waals surface area (Å²) in [6.45, 7) is 4.09. The van der Waals surface area contributed by atoms with Crippen LogP contribution >= 0.6 is 11.3 Å². The number of anilines is 1. The summed E-state index contributed by atoms with van der Waals surface area (Å²) in [5.41, 5.74) is 0.332. The number of nitrogens with zero attached hydrogens (tertiary/aromatic N) is 1. The van der Waals surface area contributed by atoms with Gasteiger partial charge in [0.05, 0.1) is 15.9 Å². The second-order valence-corrected chi connectivity index (χ2v) is 4.94. The lowest BCUT2D eigenvalue weighted by Gasteiger charge is -2.15. The van der Waals surface area contributed by atoms with Crippen LogP contribution in [0.25, 0.3) is 10.2 Å². The van der Waals surface area contributed by atoms with Gasteiger partial charge in [0.15, 0.2) is 0 Å². The van der Waals surface area contributed by atoms with Crippen molar-refractivity contribution in [2.45, 2.75) is 26.4 Å². The highest BCUT2D eigenvalue weighted by Gasteiger charge is 2.36. The Morgan fingerprint density at radius 1 is 1.39 bits per heavy atom. The Morgan fingerprint density at radius 2 is 2.11 bits per heavy atom. The van der Waals surface area contributed by atoms with Crippen LogP contribution in [0.1, 0.15) is 24.6 Å². The fourth-order valence-corrected chi connectivity index (χ4v) is 2.72. The van der Waals surface area contributed by atoms with Crippen molar-refractivity contribution in [3.8, 4) is 0 Å². The number of aromatic nitrogens is 1. The Kier molecular flexibility index (Phi) is 3.47. The molecule has 0 atom stereocenters. The Bertz CT molecular complexity index is 560. The molecular formula is C12H13F3N2S. The third kappa shape index (κ3) is 2.29. The number of thiophene rings is 1. The molecule has 0 aliphatic rings. The zero-order valence-corrected chi connectivity index (χ0v) is 10.9. The van der Waals surface area contributed by atoms with Crippen LogP contribution in [0.2, 0.25) is 0 Å². The van der Waals surface area contributed by atoms with Crippen molar-refractivity contribution in [1.29, 1.82) is 0 Å². The number of hydrogen-bond acceptors (Lipinski definition) is 3. The van der Waals surface area contributed by atoms with E-state index in [1.165, 1.54) is 18.3 Å². The van der Waals surface area contributed by atoms with Gasteiger partial charge in [-0.05, 0) is 24.8 Å². The SMILES string of the molecule is CCCNc1c(C)c(C(F)(F)F)nc2ccsc12. The van der Waals surface area contributed by atoms with Crippen LogP contribution in [-0.4, -0.2) is 11.5 Å². The fourth-order valence-electron chi connectivity index (χ4n) is 1.81. The van der Waals surface area contributed by atoms with Crippen molar-refractivity contribution in [3.05, 3.63) is 22.7 Å². The Hall–Kier alpha value is -1.30. The highest BCUT2D eigenvalue weighted by Crippen LogP contribution is 2.38. The first kappa shape index (κ1) is 13.1. The first-order chi connectivity index (χ1) is 8.45. The van der Waals surface area contributed by atoms with Crippen LogP contribution in [0.4, 0.5) is 18.9 Å². The molecule has 2 rings (SSSR count). The standard InChI is InChI=1S/C12H13F3N2S/c1-3-5-16-9-7(2)11(12(13,14)15)17-8-4-6-18-10(8)9/h4,6H,3,5H2,1-2H3,(H,16,17). The van der Waals surface area contributed by atoms with E-state index in [2.05, 4.69) is 10.3 Å². The number of hydrogen-bond donors (Lipinski definition) is 1. The van der Waals surface area contributed by atoms with Crippen molar-refractivity contribution in [2.75, 3.05) is 11.9 Å². The van der Waals surface area contributed by atoms with Gasteiger partial charge in [-0.15, -0.1) is 11.3 Å². The Labute approximate surface area is 107 Å². The molecule has 0 saturated carbocycles. The van der Waals surface area contributed by atoms with E-state index in [1.54, 1.807) is 11.4 Å². The largest absolute Gasteiger partial charge is 0.433 e. The van der Waals surface area contributed by atoms with Gasteiger partial charge in [0, 0.05) is 12.1 Å². The molecule has 2 heterocycles. The third-order valence-electron chi connectivity index (χ3n) is 2.65. The van der Waals surface area contributed by atoms with Gasteiger partial charge in [-0.3, -0.25) is 0 Å². The first-order valence-electron chi connectivity index (χ1n) is 5.64. The summed E-state index contributed by atoms with van der Waals surface area (Å²) in [5.74, 6) is 0. The molecule has 0 aliphatic carbocycles. The molecule has 2 aromatic heterocycles. The zero-order valence-electron chi connectivity index (χ0n) is 10.1. The molecule has 0 saturated heterocycles. The Morgan fingerprint density at radius 3 is 2.72 bits per heavy atom. The molecule has 0 aliphatic heterocycles. The summed E-state index contributed by atoms with van der Waals surface area (Å²) in [4.78, 5) is 3.72. The van der Waals surface area contributed by atoms with Crippen molar-refractivity contribution in [1.82, 2.24) is 4.98 Å². The average Bonchev–Trinajstić information content (AvgIpc) is 2.73.